The summed E-state index contributed by atoms with van der Waals surface area (Å²) in [4.78, 5) is 0. The Labute approximate surface area is 110 Å². The van der Waals surface area contributed by atoms with Gasteiger partial charge >= 0.3 is 0 Å². The van der Waals surface area contributed by atoms with E-state index in [1.807, 2.05) is 13.0 Å². The molecule has 4 heteroatoms. The summed E-state index contributed by atoms with van der Waals surface area (Å²) in [6.45, 7) is 3.41. The molecule has 0 aromatic heterocycles. The molecule has 1 unspecified atom stereocenters. The fourth-order valence-electron chi connectivity index (χ4n) is 1.40. The van der Waals surface area contributed by atoms with Gasteiger partial charge in [-0.25, -0.2) is 4.39 Å². The zero-order chi connectivity index (χ0) is 12.0. The molecule has 1 atom stereocenters. The maximum atomic E-state index is 13.4. The average Bonchev–Trinajstić information content (AvgIpc) is 2.20. The van der Waals surface area contributed by atoms with E-state index in [0.29, 0.717) is 12.1 Å². The van der Waals surface area contributed by atoms with Crippen LogP contribution in [-0.2, 0) is 6.54 Å². The van der Waals surface area contributed by atoms with Crippen LogP contribution in [0.4, 0.5) is 4.39 Å². The molecule has 0 fully saturated rings. The highest BCUT2D eigenvalue weighted by molar-refractivity contribution is 9.10. The summed E-state index contributed by atoms with van der Waals surface area (Å²) in [5, 5.41) is 3.42. The first-order chi connectivity index (χ1) is 7.59. The van der Waals surface area contributed by atoms with Crippen LogP contribution >= 0.6 is 27.5 Å². The van der Waals surface area contributed by atoms with Crippen molar-refractivity contribution >= 4 is 27.5 Å². The molecule has 1 N–H and O–H groups in total. The fraction of sp³-hybridized carbons (Fsp3) is 0.500. The highest BCUT2D eigenvalue weighted by atomic mass is 79.9. The van der Waals surface area contributed by atoms with E-state index in [1.54, 1.807) is 6.07 Å². The first-order valence-electron chi connectivity index (χ1n) is 5.38. The Morgan fingerprint density at radius 2 is 2.25 bits per heavy atom. The Bertz CT molecular complexity index is 331. The number of nitrogens with one attached hydrogen (secondary N) is 1. The van der Waals surface area contributed by atoms with Crippen molar-refractivity contribution in [2.24, 2.45) is 0 Å². The molecule has 0 aliphatic carbocycles. The van der Waals surface area contributed by atoms with Crippen LogP contribution in [0.1, 0.15) is 25.3 Å². The van der Waals surface area contributed by atoms with Gasteiger partial charge in [-0.3, -0.25) is 0 Å². The van der Waals surface area contributed by atoms with Crippen molar-refractivity contribution < 1.29 is 4.39 Å². The molecule has 0 bridgehead atoms. The van der Waals surface area contributed by atoms with Gasteiger partial charge in [-0.05, 0) is 38.4 Å². The lowest BCUT2D eigenvalue weighted by Gasteiger charge is -2.07. The monoisotopic (exact) mass is 307 g/mol. The van der Waals surface area contributed by atoms with E-state index in [1.165, 1.54) is 6.07 Å². The maximum absolute atomic E-state index is 13.4. The van der Waals surface area contributed by atoms with Gasteiger partial charge in [0, 0.05) is 22.0 Å². The largest absolute Gasteiger partial charge is 0.313 e. The van der Waals surface area contributed by atoms with Crippen molar-refractivity contribution in [3.63, 3.8) is 0 Å². The summed E-state index contributed by atoms with van der Waals surface area (Å²) < 4.78 is 14.2. The summed E-state index contributed by atoms with van der Waals surface area (Å²) in [5.41, 5.74) is 0.696. The van der Waals surface area contributed by atoms with Crippen LogP contribution in [0.15, 0.2) is 22.7 Å². The molecule has 0 saturated heterocycles. The van der Waals surface area contributed by atoms with Gasteiger partial charge in [-0.1, -0.05) is 22.0 Å². The second-order valence-electron chi connectivity index (χ2n) is 3.84. The molecule has 1 aromatic rings. The molecule has 1 aromatic carbocycles. The van der Waals surface area contributed by atoms with Crippen LogP contribution in [0.3, 0.4) is 0 Å². The van der Waals surface area contributed by atoms with Gasteiger partial charge in [0.2, 0.25) is 0 Å². The van der Waals surface area contributed by atoms with E-state index >= 15 is 0 Å². The van der Waals surface area contributed by atoms with Gasteiger partial charge in [0.1, 0.15) is 5.82 Å². The number of hydrogen-bond donors (Lipinski definition) is 1. The molecule has 0 radical (unpaired) electrons. The highest BCUT2D eigenvalue weighted by Crippen LogP contribution is 2.15. The minimum Gasteiger partial charge on any atom is -0.313 e. The lowest BCUT2D eigenvalue weighted by molar-refractivity contribution is 0.574. The summed E-state index contributed by atoms with van der Waals surface area (Å²) >= 11 is 9.05. The summed E-state index contributed by atoms with van der Waals surface area (Å²) in [6.07, 6.45) is 2.00. The molecular weight excluding hydrogens is 292 g/mol. The smallest absolute Gasteiger partial charge is 0.128 e. The molecule has 0 aliphatic rings. The molecule has 0 saturated carbocycles. The number of alkyl halides is 1. The topological polar surface area (TPSA) is 12.0 Å². The van der Waals surface area contributed by atoms with Crippen LogP contribution in [0, 0.1) is 5.82 Å². The fourth-order valence-corrected chi connectivity index (χ4v) is 1.88. The number of benzene rings is 1. The minimum absolute atomic E-state index is 0.174. The molecule has 0 spiro atoms. The highest BCUT2D eigenvalue weighted by Gasteiger charge is 2.02. The van der Waals surface area contributed by atoms with Gasteiger partial charge in [0.05, 0.1) is 0 Å². The van der Waals surface area contributed by atoms with E-state index in [9.17, 15) is 4.39 Å². The van der Waals surface area contributed by atoms with E-state index in [4.69, 9.17) is 11.6 Å². The Morgan fingerprint density at radius 3 is 2.88 bits per heavy atom. The van der Waals surface area contributed by atoms with Crippen LogP contribution in [0.5, 0.6) is 0 Å². The van der Waals surface area contributed by atoms with Gasteiger partial charge < -0.3 is 5.32 Å². The first-order valence-corrected chi connectivity index (χ1v) is 6.61. The van der Waals surface area contributed by atoms with E-state index < -0.39 is 0 Å². The van der Waals surface area contributed by atoms with Gasteiger partial charge in [0.15, 0.2) is 0 Å². The van der Waals surface area contributed by atoms with Crippen molar-refractivity contribution in [2.45, 2.75) is 31.7 Å². The van der Waals surface area contributed by atoms with Gasteiger partial charge in [-0.15, -0.1) is 11.6 Å². The molecule has 0 aliphatic heterocycles. The first kappa shape index (κ1) is 13.9. The maximum Gasteiger partial charge on any atom is 0.128 e. The van der Waals surface area contributed by atoms with Crippen LogP contribution < -0.4 is 5.32 Å². The molecule has 1 nitrogen and oxygen atoms in total. The lowest BCUT2D eigenvalue weighted by Crippen LogP contribution is -2.16. The Morgan fingerprint density at radius 1 is 1.50 bits per heavy atom. The third-order valence-electron chi connectivity index (χ3n) is 2.29. The minimum atomic E-state index is -0.174. The molecule has 90 valence electrons. The Balaban J connectivity index is 2.27. The average molecular weight is 309 g/mol. The van der Waals surface area contributed by atoms with Crippen molar-refractivity contribution in [2.75, 3.05) is 6.54 Å². The number of rotatable bonds is 6. The summed E-state index contributed by atoms with van der Waals surface area (Å²) in [7, 11) is 0. The normalized spacial score (nSPS) is 12.8. The van der Waals surface area contributed by atoms with Crippen molar-refractivity contribution in [1.82, 2.24) is 5.32 Å². The molecule has 0 heterocycles. The molecular formula is C12H16BrClFN. The second-order valence-corrected chi connectivity index (χ2v) is 5.50. The third kappa shape index (κ3) is 5.28. The van der Waals surface area contributed by atoms with Crippen LogP contribution in [0.25, 0.3) is 0 Å². The van der Waals surface area contributed by atoms with E-state index in [0.717, 1.165) is 23.9 Å². The quantitative estimate of drug-likeness (QED) is 0.616. The summed E-state index contributed by atoms with van der Waals surface area (Å²) in [5.74, 6) is -0.174. The Hall–Kier alpha value is -0.120. The van der Waals surface area contributed by atoms with Crippen molar-refractivity contribution in [3.05, 3.63) is 34.1 Å². The van der Waals surface area contributed by atoms with Crippen molar-refractivity contribution in [3.8, 4) is 0 Å². The van der Waals surface area contributed by atoms with E-state index in [2.05, 4.69) is 21.2 Å². The van der Waals surface area contributed by atoms with Crippen LogP contribution in [0.2, 0.25) is 0 Å². The Kier molecular flexibility index (Phi) is 6.32. The lowest BCUT2D eigenvalue weighted by atomic mass is 10.2. The van der Waals surface area contributed by atoms with Gasteiger partial charge in [-0.2, -0.15) is 0 Å². The van der Waals surface area contributed by atoms with Gasteiger partial charge in [0.25, 0.3) is 0 Å². The zero-order valence-corrected chi connectivity index (χ0v) is 11.6. The second kappa shape index (κ2) is 7.25. The predicted octanol–water partition coefficient (Wildman–Crippen LogP) is 4.09. The molecule has 16 heavy (non-hydrogen) atoms. The SMILES string of the molecule is CC(Cl)CCCNCc1ccc(Br)cc1F. The zero-order valence-electron chi connectivity index (χ0n) is 9.27. The van der Waals surface area contributed by atoms with E-state index in [-0.39, 0.29) is 11.2 Å². The molecule has 0 amide bonds. The van der Waals surface area contributed by atoms with Crippen LogP contribution in [-0.4, -0.2) is 11.9 Å². The predicted molar refractivity (Wildman–Crippen MR) is 70.4 cm³/mol. The molecule has 1 rings (SSSR count). The third-order valence-corrected chi connectivity index (χ3v) is 3.00. The summed E-state index contributed by atoms with van der Waals surface area (Å²) in [6, 6.07) is 5.12. The number of halogens is 3. The standard InChI is InChI=1S/C12H16BrClFN/c1-9(14)3-2-6-16-8-10-4-5-11(13)7-12(10)15/h4-5,7,9,16H,2-3,6,8H2,1H3. The van der Waals surface area contributed by atoms with Crippen molar-refractivity contribution in [1.29, 1.82) is 0 Å². The number of hydrogen-bond acceptors (Lipinski definition) is 1.